The third-order valence-corrected chi connectivity index (χ3v) is 9.13. The minimum atomic E-state index is -4.14. The largest absolute Gasteiger partial charge is 0.495 e. The van der Waals surface area contributed by atoms with Crippen LogP contribution in [0.4, 0.5) is 18.9 Å². The van der Waals surface area contributed by atoms with E-state index in [1.807, 2.05) is 12.1 Å². The van der Waals surface area contributed by atoms with Gasteiger partial charge < -0.3 is 9.84 Å². The van der Waals surface area contributed by atoms with Crippen LogP contribution in [-0.4, -0.2) is 37.8 Å². The lowest BCUT2D eigenvalue weighted by atomic mass is 9.78. The van der Waals surface area contributed by atoms with Gasteiger partial charge in [-0.3, -0.25) is 4.72 Å². The Balaban J connectivity index is 1.46. The fraction of sp³-hybridized carbons (Fsp3) is 0.333. The van der Waals surface area contributed by atoms with Crippen molar-refractivity contribution >= 4 is 33.0 Å². The van der Waals surface area contributed by atoms with Crippen LogP contribution in [0.3, 0.4) is 0 Å². The van der Waals surface area contributed by atoms with Crippen LogP contribution in [0.25, 0.3) is 10.6 Å². The number of nitrogens with zero attached hydrogens (tertiary/aromatic N) is 1. The first-order chi connectivity index (χ1) is 17.0. The van der Waals surface area contributed by atoms with Crippen LogP contribution in [0, 0.1) is 5.92 Å². The van der Waals surface area contributed by atoms with E-state index in [-0.39, 0.29) is 40.0 Å². The molecule has 0 radical (unpaired) electrons. The number of alkyl halides is 3. The van der Waals surface area contributed by atoms with E-state index in [0.29, 0.717) is 23.4 Å². The van der Waals surface area contributed by atoms with Crippen LogP contribution >= 0.6 is 11.3 Å². The van der Waals surface area contributed by atoms with E-state index in [4.69, 9.17) is 9.84 Å². The van der Waals surface area contributed by atoms with Gasteiger partial charge in [0.2, 0.25) is 0 Å². The highest BCUT2D eigenvalue weighted by atomic mass is 32.2. The molecular formula is C24H23F3N2O5S2. The van der Waals surface area contributed by atoms with Crippen molar-refractivity contribution in [3.05, 3.63) is 59.8 Å². The maximum Gasteiger partial charge on any atom is 0.391 e. The number of ether oxygens (including phenoxy) is 1. The summed E-state index contributed by atoms with van der Waals surface area (Å²) in [6, 6.07) is 11.1. The molecule has 4 rings (SSSR count). The zero-order valence-electron chi connectivity index (χ0n) is 19.1. The van der Waals surface area contributed by atoms with Gasteiger partial charge in [-0.05, 0) is 55.4 Å². The van der Waals surface area contributed by atoms with E-state index < -0.39 is 28.1 Å². The number of carbonyl (C=O) groups is 1. The van der Waals surface area contributed by atoms with E-state index in [0.717, 1.165) is 16.9 Å². The topological polar surface area (TPSA) is 106 Å². The maximum absolute atomic E-state index is 12.9. The second-order valence-corrected chi connectivity index (χ2v) is 11.5. The molecule has 36 heavy (non-hydrogen) atoms. The molecule has 0 unspecified atom stereocenters. The number of anilines is 1. The molecule has 1 saturated carbocycles. The number of methoxy groups -OCH3 is 1. The molecule has 1 aromatic heterocycles. The summed E-state index contributed by atoms with van der Waals surface area (Å²) < 4.78 is 72.0. The van der Waals surface area contributed by atoms with Gasteiger partial charge in [0.25, 0.3) is 10.0 Å². The Labute approximate surface area is 210 Å². The number of rotatable bonds is 7. The summed E-state index contributed by atoms with van der Waals surface area (Å²) >= 11 is 0.957. The van der Waals surface area contributed by atoms with Gasteiger partial charge in [0.05, 0.1) is 30.5 Å². The Kier molecular flexibility index (Phi) is 7.28. The van der Waals surface area contributed by atoms with Crippen molar-refractivity contribution in [3.8, 4) is 16.3 Å². The monoisotopic (exact) mass is 540 g/mol. The average molecular weight is 541 g/mol. The number of halogens is 3. The van der Waals surface area contributed by atoms with Gasteiger partial charge in [0.15, 0.2) is 4.21 Å². The molecule has 0 spiro atoms. The predicted octanol–water partition coefficient (Wildman–Crippen LogP) is 6.15. The number of carboxylic acid groups (broad SMARTS) is 1. The van der Waals surface area contributed by atoms with Crippen molar-refractivity contribution < 1.29 is 36.2 Å². The van der Waals surface area contributed by atoms with E-state index in [1.54, 1.807) is 12.1 Å². The molecule has 0 aliphatic heterocycles. The molecule has 2 N–H and O–H groups in total. The Morgan fingerprint density at radius 2 is 1.78 bits per heavy atom. The van der Waals surface area contributed by atoms with E-state index >= 15 is 0 Å². The quantitative estimate of drug-likeness (QED) is 0.372. The van der Waals surface area contributed by atoms with E-state index in [1.165, 1.54) is 31.5 Å². The van der Waals surface area contributed by atoms with Gasteiger partial charge >= 0.3 is 12.1 Å². The number of hydrogen-bond acceptors (Lipinski definition) is 6. The molecule has 1 aliphatic carbocycles. The highest BCUT2D eigenvalue weighted by molar-refractivity contribution is 7.94. The summed E-state index contributed by atoms with van der Waals surface area (Å²) in [4.78, 5) is 15.4. The van der Waals surface area contributed by atoms with Gasteiger partial charge in [-0.2, -0.15) is 13.2 Å². The molecule has 0 atom stereocenters. The average Bonchev–Trinajstić information content (AvgIpc) is 3.35. The Hall–Kier alpha value is -3.12. The summed E-state index contributed by atoms with van der Waals surface area (Å²) in [6.07, 6.45) is -1.70. The number of nitrogens with one attached hydrogen (secondary N) is 1. The minimum Gasteiger partial charge on any atom is -0.495 e. The minimum absolute atomic E-state index is 0.0450. The van der Waals surface area contributed by atoms with Crippen LogP contribution in [0.2, 0.25) is 0 Å². The molecular weight excluding hydrogens is 517 g/mol. The van der Waals surface area contributed by atoms with Crippen molar-refractivity contribution in [1.82, 2.24) is 4.98 Å². The molecule has 192 valence electrons. The maximum atomic E-state index is 12.9. The zero-order chi connectivity index (χ0) is 26.1. The lowest BCUT2D eigenvalue weighted by Gasteiger charge is -2.30. The number of carboxylic acids is 1. The zero-order valence-corrected chi connectivity index (χ0v) is 20.7. The summed E-state index contributed by atoms with van der Waals surface area (Å²) in [5.74, 6) is -2.28. The molecule has 3 aromatic rings. The van der Waals surface area contributed by atoms with Crippen LogP contribution in [0.5, 0.6) is 5.75 Å². The third kappa shape index (κ3) is 5.65. The fourth-order valence-electron chi connectivity index (χ4n) is 4.27. The fourth-order valence-corrected chi connectivity index (χ4v) is 6.48. The van der Waals surface area contributed by atoms with Gasteiger partial charge in [0, 0.05) is 5.56 Å². The summed E-state index contributed by atoms with van der Waals surface area (Å²) in [5, 5.41) is 9.57. The molecule has 1 aliphatic rings. The lowest BCUT2D eigenvalue weighted by molar-refractivity contribution is -0.182. The molecule has 0 bridgehead atoms. The molecule has 7 nitrogen and oxygen atoms in total. The number of hydrogen-bond donors (Lipinski definition) is 2. The number of sulfonamides is 1. The molecule has 0 amide bonds. The highest BCUT2D eigenvalue weighted by Crippen LogP contribution is 2.43. The van der Waals surface area contributed by atoms with Gasteiger partial charge in [-0.1, -0.05) is 24.3 Å². The van der Waals surface area contributed by atoms with E-state index in [9.17, 15) is 26.4 Å². The molecule has 1 heterocycles. The third-order valence-electron chi connectivity index (χ3n) is 6.26. The van der Waals surface area contributed by atoms with Crippen LogP contribution < -0.4 is 9.46 Å². The summed E-state index contributed by atoms with van der Waals surface area (Å²) in [5.41, 5.74) is 1.69. The number of aromatic carboxylic acids is 1. The van der Waals surface area contributed by atoms with Gasteiger partial charge in [0.1, 0.15) is 10.8 Å². The van der Waals surface area contributed by atoms with Crippen molar-refractivity contribution in [2.75, 3.05) is 11.8 Å². The Morgan fingerprint density at radius 3 is 2.36 bits per heavy atom. The normalized spacial score (nSPS) is 18.6. The first kappa shape index (κ1) is 26.0. The first-order valence-electron chi connectivity index (χ1n) is 11.0. The van der Waals surface area contributed by atoms with Gasteiger partial charge in [-0.15, -0.1) is 11.3 Å². The molecule has 2 aromatic carbocycles. The van der Waals surface area contributed by atoms with Crippen molar-refractivity contribution in [1.29, 1.82) is 0 Å². The summed E-state index contributed by atoms with van der Waals surface area (Å²) in [7, 11) is -2.72. The number of thiazole rings is 1. The predicted molar refractivity (Wildman–Crippen MR) is 129 cm³/mol. The van der Waals surface area contributed by atoms with Crippen LogP contribution in [0.1, 0.15) is 47.5 Å². The molecule has 1 fully saturated rings. The molecule has 0 saturated heterocycles. The van der Waals surface area contributed by atoms with E-state index in [2.05, 4.69) is 9.71 Å². The smallest absolute Gasteiger partial charge is 0.391 e. The standard InChI is InChI=1S/C24H23F3N2O5S2/c1-34-20-12-17(23(30)31)8-11-19(20)29-36(32,33)21-13-28-22(35-21)16-4-2-14(3-5-16)15-6-9-18(10-7-15)24(25,26)27/h2-5,8,11-13,15,18,29H,6-7,9-10H2,1H3,(H,30,31)/t15-,18+. The van der Waals surface area contributed by atoms with Gasteiger partial charge in [-0.25, -0.2) is 18.2 Å². The number of aromatic nitrogens is 1. The van der Waals surface area contributed by atoms with Crippen molar-refractivity contribution in [3.63, 3.8) is 0 Å². The van der Waals surface area contributed by atoms with Crippen molar-refractivity contribution in [2.24, 2.45) is 5.92 Å². The highest BCUT2D eigenvalue weighted by Gasteiger charge is 2.41. The SMILES string of the molecule is COc1cc(C(=O)O)ccc1NS(=O)(=O)c1cnc(-c2ccc([C@H]3CC[C@@H](C(F)(F)F)CC3)cc2)s1. The second-order valence-electron chi connectivity index (χ2n) is 8.52. The Morgan fingerprint density at radius 1 is 1.11 bits per heavy atom. The number of benzene rings is 2. The second kappa shape index (κ2) is 10.1. The Bertz CT molecular complexity index is 1350. The first-order valence-corrected chi connectivity index (χ1v) is 13.3. The molecule has 12 heteroatoms. The van der Waals surface area contributed by atoms with Crippen LogP contribution in [-0.2, 0) is 10.0 Å². The van der Waals surface area contributed by atoms with Crippen LogP contribution in [0.15, 0.2) is 52.9 Å². The lowest BCUT2D eigenvalue weighted by Crippen LogP contribution is -2.27. The summed E-state index contributed by atoms with van der Waals surface area (Å²) in [6.45, 7) is 0. The van der Waals surface area contributed by atoms with Crippen molar-refractivity contribution in [2.45, 2.75) is 42.0 Å².